The zero-order valence-electron chi connectivity index (χ0n) is 13.2. The minimum absolute atomic E-state index is 0.0460. The van der Waals surface area contributed by atoms with Crippen molar-refractivity contribution in [1.82, 2.24) is 4.90 Å². The Morgan fingerprint density at radius 1 is 1.48 bits per heavy atom. The summed E-state index contributed by atoms with van der Waals surface area (Å²) in [4.78, 5) is 23.1. The molecule has 1 aliphatic rings. The molecule has 0 saturated carbocycles. The lowest BCUT2D eigenvalue weighted by atomic mass is 9.99. The molecule has 1 aromatic carbocycles. The van der Waals surface area contributed by atoms with Gasteiger partial charge in [0.2, 0.25) is 6.41 Å². The van der Waals surface area contributed by atoms with Gasteiger partial charge in [-0.2, -0.15) is 5.10 Å². The minimum Gasteiger partial charge on any atom is -0.372 e. The monoisotopic (exact) mass is 317 g/mol. The molecular formula is C16H23N5O2. The number of carbonyl (C=O) groups excluding carboxylic acids is 2. The summed E-state index contributed by atoms with van der Waals surface area (Å²) in [6, 6.07) is 7.34. The molecule has 1 atom stereocenters. The van der Waals surface area contributed by atoms with E-state index >= 15 is 0 Å². The average molecular weight is 317 g/mol. The molecule has 1 saturated heterocycles. The number of carbonyl (C=O) groups is 2. The molecule has 0 aliphatic carbocycles. The molecule has 0 spiro atoms. The average Bonchev–Trinajstić information content (AvgIpc) is 2.56. The maximum atomic E-state index is 12.6. The quantitative estimate of drug-likeness (QED) is 0.446. The highest BCUT2D eigenvalue weighted by Crippen LogP contribution is 2.21. The van der Waals surface area contributed by atoms with Gasteiger partial charge in [-0.3, -0.25) is 15.0 Å². The molecule has 2 amide bonds. The smallest absolute Gasteiger partial charge is 0.256 e. The van der Waals surface area contributed by atoms with Crippen LogP contribution in [0.25, 0.3) is 0 Å². The summed E-state index contributed by atoms with van der Waals surface area (Å²) < 4.78 is 0. The zero-order chi connectivity index (χ0) is 17.1. The highest BCUT2D eigenvalue weighted by Gasteiger charge is 2.23. The first kappa shape index (κ1) is 18.3. The van der Waals surface area contributed by atoms with Crippen LogP contribution < -0.4 is 11.2 Å². The maximum absolute atomic E-state index is 12.6. The Bertz CT molecular complexity index is 559. The Balaban J connectivity index is 0.000000816. The predicted octanol–water partition coefficient (Wildman–Crippen LogP) is 1.71. The van der Waals surface area contributed by atoms with Crippen LogP contribution in [0.2, 0.25) is 0 Å². The van der Waals surface area contributed by atoms with E-state index < -0.39 is 0 Å². The number of para-hydroxylation sites is 1. The third kappa shape index (κ3) is 5.90. The Labute approximate surface area is 136 Å². The predicted molar refractivity (Wildman–Crippen MR) is 91.9 cm³/mol. The van der Waals surface area contributed by atoms with Gasteiger partial charge in [-0.15, -0.1) is 0 Å². The Kier molecular flexibility index (Phi) is 8.06. The molecule has 0 aromatic heterocycles. The number of nitrogens with two attached hydrogens (primary N) is 1. The van der Waals surface area contributed by atoms with Gasteiger partial charge < -0.3 is 16.0 Å². The fourth-order valence-corrected chi connectivity index (χ4v) is 2.46. The number of primary amides is 1. The van der Waals surface area contributed by atoms with Crippen LogP contribution in [0.5, 0.6) is 0 Å². The van der Waals surface area contributed by atoms with Crippen LogP contribution in [0.1, 0.15) is 30.1 Å². The highest BCUT2D eigenvalue weighted by molar-refractivity contribution is 6.14. The Hall–Kier alpha value is -2.70. The second-order valence-electron chi connectivity index (χ2n) is 5.24. The second-order valence-corrected chi connectivity index (χ2v) is 5.24. The van der Waals surface area contributed by atoms with Crippen LogP contribution >= 0.6 is 0 Å². The summed E-state index contributed by atoms with van der Waals surface area (Å²) in [6.45, 7) is 3.82. The highest BCUT2D eigenvalue weighted by atomic mass is 16.2. The fraction of sp³-hybridized carbons (Fsp3) is 0.375. The maximum Gasteiger partial charge on any atom is 0.256 e. The number of anilines is 1. The second kappa shape index (κ2) is 10.1. The van der Waals surface area contributed by atoms with E-state index in [1.165, 1.54) is 12.6 Å². The van der Waals surface area contributed by atoms with Crippen molar-refractivity contribution in [2.75, 3.05) is 18.5 Å². The summed E-state index contributed by atoms with van der Waals surface area (Å²) in [5, 5.41) is 10.8. The van der Waals surface area contributed by atoms with E-state index in [2.05, 4.69) is 23.2 Å². The summed E-state index contributed by atoms with van der Waals surface area (Å²) in [5.41, 5.74) is 8.29. The lowest BCUT2D eigenvalue weighted by Crippen LogP contribution is -2.39. The van der Waals surface area contributed by atoms with Crippen molar-refractivity contribution in [2.45, 2.75) is 19.8 Å². The lowest BCUT2D eigenvalue weighted by Gasteiger charge is -2.31. The van der Waals surface area contributed by atoms with Gasteiger partial charge in [0.15, 0.2) is 0 Å². The van der Waals surface area contributed by atoms with Crippen LogP contribution in [0, 0.1) is 11.3 Å². The summed E-state index contributed by atoms with van der Waals surface area (Å²) >= 11 is 0. The molecule has 7 nitrogen and oxygen atoms in total. The van der Waals surface area contributed by atoms with E-state index in [4.69, 9.17) is 10.2 Å². The molecule has 2 rings (SSSR count). The number of benzene rings is 1. The van der Waals surface area contributed by atoms with Gasteiger partial charge in [0.25, 0.3) is 5.91 Å². The van der Waals surface area contributed by atoms with Crippen LogP contribution in [0.4, 0.5) is 5.69 Å². The van der Waals surface area contributed by atoms with Crippen molar-refractivity contribution >= 4 is 30.4 Å². The first-order valence-corrected chi connectivity index (χ1v) is 7.45. The van der Waals surface area contributed by atoms with Gasteiger partial charge in [-0.05, 0) is 30.9 Å². The molecule has 1 heterocycles. The van der Waals surface area contributed by atoms with E-state index in [1.807, 2.05) is 29.2 Å². The largest absolute Gasteiger partial charge is 0.372 e. The van der Waals surface area contributed by atoms with Crippen molar-refractivity contribution < 1.29 is 9.59 Å². The molecule has 4 N–H and O–H groups in total. The summed E-state index contributed by atoms with van der Waals surface area (Å²) in [7, 11) is 0. The number of rotatable bonds is 4. The van der Waals surface area contributed by atoms with Crippen LogP contribution in [-0.4, -0.2) is 42.7 Å². The van der Waals surface area contributed by atoms with E-state index in [-0.39, 0.29) is 12.3 Å². The number of nitrogens with zero attached hydrogens (tertiary/aromatic N) is 2. The molecule has 1 fully saturated rings. The van der Waals surface area contributed by atoms with Crippen LogP contribution in [0.3, 0.4) is 0 Å². The Morgan fingerprint density at radius 3 is 2.83 bits per heavy atom. The van der Waals surface area contributed by atoms with Gasteiger partial charge in [-0.25, -0.2) is 0 Å². The van der Waals surface area contributed by atoms with Crippen LogP contribution in [-0.2, 0) is 4.79 Å². The fourth-order valence-electron chi connectivity index (χ4n) is 2.46. The van der Waals surface area contributed by atoms with Crippen molar-refractivity contribution in [3.05, 3.63) is 29.8 Å². The molecule has 1 unspecified atom stereocenters. The molecule has 0 bridgehead atoms. The van der Waals surface area contributed by atoms with Gasteiger partial charge in [0.1, 0.15) is 0 Å². The third-order valence-corrected chi connectivity index (χ3v) is 3.44. The van der Waals surface area contributed by atoms with Gasteiger partial charge in [-0.1, -0.05) is 19.1 Å². The lowest BCUT2D eigenvalue weighted by molar-refractivity contribution is -0.106. The number of likely N-dealkylation sites (tertiary alicyclic amines) is 1. The number of nitrogens with one attached hydrogen (secondary N) is 2. The zero-order valence-corrected chi connectivity index (χ0v) is 13.2. The third-order valence-electron chi connectivity index (χ3n) is 3.44. The molecule has 0 radical (unpaired) electrons. The van der Waals surface area contributed by atoms with Gasteiger partial charge >= 0.3 is 0 Å². The van der Waals surface area contributed by atoms with Crippen molar-refractivity contribution in [3.63, 3.8) is 0 Å². The van der Waals surface area contributed by atoms with Gasteiger partial charge in [0.05, 0.1) is 17.5 Å². The number of piperidine rings is 1. The molecule has 1 aliphatic heterocycles. The molecular weight excluding hydrogens is 294 g/mol. The number of hydrogen-bond acceptors (Lipinski definition) is 5. The van der Waals surface area contributed by atoms with Crippen molar-refractivity contribution in [2.24, 2.45) is 16.8 Å². The molecule has 7 heteroatoms. The minimum atomic E-state index is 0.0460. The summed E-state index contributed by atoms with van der Waals surface area (Å²) in [6.07, 6.45) is 4.93. The van der Waals surface area contributed by atoms with Crippen LogP contribution in [0.15, 0.2) is 29.4 Å². The Morgan fingerprint density at radius 2 is 2.17 bits per heavy atom. The first-order valence-electron chi connectivity index (χ1n) is 7.45. The number of hydrazone groups is 1. The first-order chi connectivity index (χ1) is 11.1. The van der Waals surface area contributed by atoms with E-state index in [0.717, 1.165) is 25.7 Å². The standard InChI is InChI=1S/C15H20N4O.CH3NO/c1-12-5-4-10-19(11-12)15(20)13-6-2-3-7-14(13)18-17-9-8-16;2-1-3/h2-3,6-9,12,16,18H,4-5,10-11H2,1H3;1H,(H2,2,3)/b16-8?,17-9-;. The SMILES string of the molecule is CC1CCCN(C(=O)c2ccccc2N/N=C\C=N)C1.NC=O. The topological polar surface area (TPSA) is 112 Å². The molecule has 23 heavy (non-hydrogen) atoms. The molecule has 1 aromatic rings. The van der Waals surface area contributed by atoms with Crippen molar-refractivity contribution in [3.8, 4) is 0 Å². The molecule has 124 valence electrons. The number of hydrogen-bond donors (Lipinski definition) is 3. The number of amides is 2. The summed E-state index contributed by atoms with van der Waals surface area (Å²) in [5.74, 6) is 0.605. The van der Waals surface area contributed by atoms with E-state index in [1.54, 1.807) is 0 Å². The normalized spacial score (nSPS) is 17.1. The van der Waals surface area contributed by atoms with Gasteiger partial charge in [0, 0.05) is 19.3 Å². The van der Waals surface area contributed by atoms with Crippen molar-refractivity contribution in [1.29, 1.82) is 5.41 Å². The van der Waals surface area contributed by atoms with E-state index in [0.29, 0.717) is 17.2 Å². The van der Waals surface area contributed by atoms with E-state index in [9.17, 15) is 4.79 Å².